The zero-order chi connectivity index (χ0) is 11.5. The number of hydrogen-bond acceptors (Lipinski definition) is 4. The number of carbonyl (C=O) groups excluding carboxylic acids is 2. The van der Waals surface area contributed by atoms with E-state index in [1.165, 1.54) is 0 Å². The van der Waals surface area contributed by atoms with Crippen molar-refractivity contribution in [2.45, 2.75) is 19.4 Å². The SMILES string of the molecule is Cc1cc(NC(=O)NC2CCNC2=O)on1. The van der Waals surface area contributed by atoms with E-state index >= 15 is 0 Å². The van der Waals surface area contributed by atoms with Gasteiger partial charge in [-0.3, -0.25) is 10.1 Å². The van der Waals surface area contributed by atoms with E-state index in [4.69, 9.17) is 4.52 Å². The molecule has 3 N–H and O–H groups in total. The zero-order valence-electron chi connectivity index (χ0n) is 8.74. The summed E-state index contributed by atoms with van der Waals surface area (Å²) in [6, 6.07) is 0.649. The van der Waals surface area contributed by atoms with Gasteiger partial charge in [-0.2, -0.15) is 0 Å². The molecular weight excluding hydrogens is 212 g/mol. The Morgan fingerprint density at radius 2 is 2.50 bits per heavy atom. The lowest BCUT2D eigenvalue weighted by molar-refractivity contribution is -0.120. The van der Waals surface area contributed by atoms with E-state index in [1.807, 2.05) is 0 Å². The molecule has 0 aliphatic carbocycles. The van der Waals surface area contributed by atoms with Crippen molar-refractivity contribution in [3.05, 3.63) is 11.8 Å². The molecule has 86 valence electrons. The molecule has 16 heavy (non-hydrogen) atoms. The number of hydrogen-bond donors (Lipinski definition) is 3. The minimum absolute atomic E-state index is 0.163. The third kappa shape index (κ3) is 2.30. The van der Waals surface area contributed by atoms with Gasteiger partial charge < -0.3 is 15.2 Å². The van der Waals surface area contributed by atoms with E-state index in [9.17, 15) is 9.59 Å². The second-order valence-electron chi connectivity index (χ2n) is 3.56. The summed E-state index contributed by atoms with van der Waals surface area (Å²) in [5.74, 6) is 0.0947. The van der Waals surface area contributed by atoms with Crippen LogP contribution in [0.15, 0.2) is 10.6 Å². The molecule has 1 aromatic rings. The van der Waals surface area contributed by atoms with Crippen molar-refractivity contribution in [1.82, 2.24) is 15.8 Å². The molecule has 1 aliphatic rings. The largest absolute Gasteiger partial charge is 0.354 e. The second-order valence-corrected chi connectivity index (χ2v) is 3.56. The number of carbonyl (C=O) groups is 2. The standard InChI is InChI=1S/C9H12N4O3/c1-5-4-7(16-13-5)12-9(15)11-6-2-3-10-8(6)14/h4,6H,2-3H2,1H3,(H,10,14)(H2,11,12,15). The number of nitrogens with one attached hydrogen (secondary N) is 3. The average molecular weight is 224 g/mol. The smallest absolute Gasteiger partial charge is 0.322 e. The Bertz CT molecular complexity index is 415. The molecule has 2 rings (SSSR count). The molecule has 0 spiro atoms. The maximum atomic E-state index is 11.4. The lowest BCUT2D eigenvalue weighted by Crippen LogP contribution is -2.42. The van der Waals surface area contributed by atoms with E-state index in [-0.39, 0.29) is 11.8 Å². The lowest BCUT2D eigenvalue weighted by Gasteiger charge is -2.09. The molecular formula is C9H12N4O3. The van der Waals surface area contributed by atoms with Gasteiger partial charge in [0, 0.05) is 12.6 Å². The summed E-state index contributed by atoms with van der Waals surface area (Å²) >= 11 is 0. The normalized spacial score (nSPS) is 19.3. The number of nitrogens with zero attached hydrogens (tertiary/aromatic N) is 1. The summed E-state index contributed by atoms with van der Waals surface area (Å²) < 4.78 is 4.80. The van der Waals surface area contributed by atoms with E-state index in [0.717, 1.165) is 0 Å². The highest BCUT2D eigenvalue weighted by atomic mass is 16.5. The van der Waals surface area contributed by atoms with E-state index in [2.05, 4.69) is 21.1 Å². The number of anilines is 1. The first-order valence-electron chi connectivity index (χ1n) is 4.94. The van der Waals surface area contributed by atoms with Crippen LogP contribution < -0.4 is 16.0 Å². The summed E-state index contributed by atoms with van der Waals surface area (Å²) in [4.78, 5) is 22.6. The van der Waals surface area contributed by atoms with Crippen LogP contribution in [0.4, 0.5) is 10.7 Å². The van der Waals surface area contributed by atoms with Crippen LogP contribution in [-0.4, -0.2) is 29.7 Å². The number of amides is 3. The van der Waals surface area contributed by atoms with Crippen molar-refractivity contribution < 1.29 is 14.1 Å². The molecule has 1 unspecified atom stereocenters. The predicted molar refractivity (Wildman–Crippen MR) is 54.8 cm³/mol. The van der Waals surface area contributed by atoms with Gasteiger partial charge in [0.15, 0.2) is 0 Å². The zero-order valence-corrected chi connectivity index (χ0v) is 8.74. The van der Waals surface area contributed by atoms with Crippen molar-refractivity contribution in [2.75, 3.05) is 11.9 Å². The first kappa shape index (κ1) is 10.5. The molecule has 7 nitrogen and oxygen atoms in total. The van der Waals surface area contributed by atoms with Gasteiger partial charge in [-0.15, -0.1) is 0 Å². The fourth-order valence-corrected chi connectivity index (χ4v) is 1.46. The van der Waals surface area contributed by atoms with Crippen molar-refractivity contribution in [2.24, 2.45) is 0 Å². The maximum absolute atomic E-state index is 11.4. The van der Waals surface area contributed by atoms with Gasteiger partial charge in [-0.25, -0.2) is 4.79 Å². The van der Waals surface area contributed by atoms with Crippen molar-refractivity contribution in [3.63, 3.8) is 0 Å². The van der Waals surface area contributed by atoms with Crippen molar-refractivity contribution in [1.29, 1.82) is 0 Å². The van der Waals surface area contributed by atoms with Gasteiger partial charge in [0.2, 0.25) is 11.8 Å². The Morgan fingerprint density at radius 1 is 1.69 bits per heavy atom. The van der Waals surface area contributed by atoms with Gasteiger partial charge in [-0.05, 0) is 13.3 Å². The highest BCUT2D eigenvalue weighted by molar-refractivity contribution is 5.93. The van der Waals surface area contributed by atoms with Crippen molar-refractivity contribution >= 4 is 17.8 Å². The molecule has 3 amide bonds. The molecule has 2 heterocycles. The molecule has 7 heteroatoms. The molecule has 1 saturated heterocycles. The van der Waals surface area contributed by atoms with Crippen LogP contribution in [0.3, 0.4) is 0 Å². The monoisotopic (exact) mass is 224 g/mol. The quantitative estimate of drug-likeness (QED) is 0.658. The minimum atomic E-state index is -0.474. The number of urea groups is 1. The second kappa shape index (κ2) is 4.21. The van der Waals surface area contributed by atoms with Gasteiger partial charge >= 0.3 is 6.03 Å². The lowest BCUT2D eigenvalue weighted by atomic mass is 10.2. The summed E-state index contributed by atoms with van der Waals surface area (Å²) in [5.41, 5.74) is 0.675. The van der Waals surface area contributed by atoms with E-state index in [1.54, 1.807) is 13.0 Å². The Hall–Kier alpha value is -2.05. The molecule has 0 radical (unpaired) electrons. The summed E-state index contributed by atoms with van der Waals surface area (Å²) in [7, 11) is 0. The average Bonchev–Trinajstić information content (AvgIpc) is 2.77. The molecule has 0 saturated carbocycles. The topological polar surface area (TPSA) is 96.3 Å². The van der Waals surface area contributed by atoms with Crippen LogP contribution in [0.5, 0.6) is 0 Å². The Morgan fingerprint density at radius 3 is 3.06 bits per heavy atom. The maximum Gasteiger partial charge on any atom is 0.322 e. The van der Waals surface area contributed by atoms with Gasteiger partial charge in [0.1, 0.15) is 6.04 Å². The van der Waals surface area contributed by atoms with Gasteiger partial charge in [-0.1, -0.05) is 5.16 Å². The van der Waals surface area contributed by atoms with Crippen LogP contribution in [0, 0.1) is 6.92 Å². The van der Waals surface area contributed by atoms with Gasteiger partial charge in [0.25, 0.3) is 0 Å². The number of aromatic nitrogens is 1. The number of rotatable bonds is 2. The summed E-state index contributed by atoms with van der Waals surface area (Å²) in [5, 5.41) is 11.2. The summed E-state index contributed by atoms with van der Waals surface area (Å²) in [6.07, 6.45) is 0.599. The third-order valence-electron chi connectivity index (χ3n) is 2.22. The molecule has 0 aromatic carbocycles. The number of aryl methyl sites for hydroxylation is 1. The highest BCUT2D eigenvalue weighted by Crippen LogP contribution is 2.08. The van der Waals surface area contributed by atoms with E-state index in [0.29, 0.717) is 18.7 Å². The molecule has 1 aliphatic heterocycles. The fourth-order valence-electron chi connectivity index (χ4n) is 1.46. The van der Waals surface area contributed by atoms with Crippen molar-refractivity contribution in [3.8, 4) is 0 Å². The van der Waals surface area contributed by atoms with Crippen LogP contribution >= 0.6 is 0 Å². The first-order valence-corrected chi connectivity index (χ1v) is 4.94. The Labute approximate surface area is 91.6 Å². The molecule has 1 aromatic heterocycles. The van der Waals surface area contributed by atoms with Crippen LogP contribution in [0.1, 0.15) is 12.1 Å². The van der Waals surface area contributed by atoms with E-state index < -0.39 is 12.1 Å². The fraction of sp³-hybridized carbons (Fsp3) is 0.444. The van der Waals surface area contributed by atoms with Gasteiger partial charge in [0.05, 0.1) is 5.69 Å². The third-order valence-corrected chi connectivity index (χ3v) is 2.22. The van der Waals surface area contributed by atoms with Crippen LogP contribution in [0.25, 0.3) is 0 Å². The summed E-state index contributed by atoms with van der Waals surface area (Å²) in [6.45, 7) is 2.34. The predicted octanol–water partition coefficient (Wildman–Crippen LogP) is -0.00698. The van der Waals surface area contributed by atoms with Crippen LogP contribution in [-0.2, 0) is 4.79 Å². The Balaban J connectivity index is 1.86. The molecule has 1 atom stereocenters. The first-order chi connectivity index (χ1) is 7.65. The minimum Gasteiger partial charge on any atom is -0.354 e. The Kier molecular flexibility index (Phi) is 2.76. The van der Waals surface area contributed by atoms with Crippen LogP contribution in [0.2, 0.25) is 0 Å². The molecule has 0 bridgehead atoms. The molecule has 1 fully saturated rings. The highest BCUT2D eigenvalue weighted by Gasteiger charge is 2.25.